The number of hydrogen-bond acceptors (Lipinski definition) is 2. The molecule has 0 rings (SSSR count). The minimum absolute atomic E-state index is 0. The molecule has 0 unspecified atom stereocenters. The van der Waals surface area contributed by atoms with Crippen LogP contribution in [0.15, 0.2) is 0 Å². The number of halogens is 1. The maximum absolute atomic E-state index is 10.1. The molecule has 0 fully saturated rings. The van der Waals surface area contributed by atoms with Gasteiger partial charge in [-0.15, -0.1) is 0 Å². The van der Waals surface area contributed by atoms with E-state index in [-0.39, 0.29) is 46.6 Å². The Morgan fingerprint density at radius 1 is 1.56 bits per heavy atom. The molecular formula is H3CuFNaO4PSi. The van der Waals surface area contributed by atoms with Crippen molar-refractivity contribution >= 4 is 47.5 Å². The Labute approximate surface area is 86.9 Å². The van der Waals surface area contributed by atoms with E-state index in [4.69, 9.17) is 18.7 Å². The van der Waals surface area contributed by atoms with Crippen LogP contribution in [-0.2, 0) is 26.1 Å². The van der Waals surface area contributed by atoms with Gasteiger partial charge in [-0.3, -0.25) is 4.46 Å². The predicted molar refractivity (Wildman–Crippen MR) is 26.7 cm³/mol. The summed E-state index contributed by atoms with van der Waals surface area (Å²) < 4.78 is 27.1. The van der Waals surface area contributed by atoms with Gasteiger partial charge in [0, 0.05) is 17.1 Å². The van der Waals surface area contributed by atoms with Crippen LogP contribution in [0.4, 0.5) is 4.11 Å². The fourth-order valence-electron chi connectivity index (χ4n) is 0. The third-order valence-corrected chi connectivity index (χ3v) is 0. The van der Waals surface area contributed by atoms with Crippen LogP contribution in [0, 0.1) is 0 Å². The first-order valence-corrected chi connectivity index (χ1v) is 3.00. The summed E-state index contributed by atoms with van der Waals surface area (Å²) in [4.78, 5) is 13.9. The Balaban J connectivity index is -0.0000000233. The van der Waals surface area contributed by atoms with Gasteiger partial charge >= 0.3 is 47.5 Å². The average Bonchev–Trinajstić information content (AvgIpc) is 1.33. The Morgan fingerprint density at radius 2 is 1.56 bits per heavy atom. The van der Waals surface area contributed by atoms with Crippen LogP contribution >= 0.6 is 8.69 Å². The van der Waals surface area contributed by atoms with Gasteiger partial charge in [0.05, 0.1) is 0 Å². The second-order valence-electron chi connectivity index (χ2n) is 0.335. The van der Waals surface area contributed by atoms with Gasteiger partial charge in [0.2, 0.25) is 0 Å². The van der Waals surface area contributed by atoms with Gasteiger partial charge in [-0.1, -0.05) is 0 Å². The van der Waals surface area contributed by atoms with Crippen molar-refractivity contribution in [2.75, 3.05) is 0 Å². The van der Waals surface area contributed by atoms with Crippen LogP contribution in [0.5, 0.6) is 0 Å². The first-order chi connectivity index (χ1) is 3.15. The van der Waals surface area contributed by atoms with E-state index >= 15 is 0 Å². The molecule has 2 N–H and O–H groups in total. The van der Waals surface area contributed by atoms with Gasteiger partial charge in [-0.05, 0) is 0 Å². The molecule has 55 valence electrons. The van der Waals surface area contributed by atoms with Gasteiger partial charge in [0.25, 0.3) is 0 Å². The van der Waals surface area contributed by atoms with Crippen molar-refractivity contribution in [2.45, 2.75) is 0 Å². The molecule has 0 spiro atoms. The normalized spacial score (nSPS) is 5.11. The molecule has 9 heteroatoms. The molecule has 0 aliphatic rings. The van der Waals surface area contributed by atoms with Crippen LogP contribution in [0.25, 0.3) is 0 Å². The summed E-state index contributed by atoms with van der Waals surface area (Å²) in [7, 11) is -4.46. The Morgan fingerprint density at radius 3 is 1.56 bits per heavy atom. The van der Waals surface area contributed by atoms with E-state index in [1.54, 1.807) is 0 Å². The first-order valence-electron chi connectivity index (χ1n) is 0.999. The second kappa shape index (κ2) is 22.8. The molecule has 0 amide bonds. The summed E-state index contributed by atoms with van der Waals surface area (Å²) in [5.41, 5.74) is 0. The van der Waals surface area contributed by atoms with Crippen molar-refractivity contribution in [3.05, 3.63) is 0 Å². The zero-order valence-electron chi connectivity index (χ0n) is 3.34. The van der Waals surface area contributed by atoms with Gasteiger partial charge in [0.15, 0.2) is 0 Å². The molecule has 0 aliphatic heterocycles. The van der Waals surface area contributed by atoms with Gasteiger partial charge < -0.3 is 9.69 Å². The van der Waals surface area contributed by atoms with Crippen molar-refractivity contribution in [1.29, 1.82) is 0 Å². The fraction of sp³-hybridized carbons (Fsp3) is 0. The van der Waals surface area contributed by atoms with Crippen molar-refractivity contribution in [3.8, 4) is 0 Å². The summed E-state index contributed by atoms with van der Waals surface area (Å²) in [6.07, 6.45) is 0. The van der Waals surface area contributed by atoms with Crippen molar-refractivity contribution < 1.29 is 39.9 Å². The molecule has 0 aliphatic carbocycles. The molecule has 0 bridgehead atoms. The third-order valence-electron chi connectivity index (χ3n) is 0. The molecule has 4 nitrogen and oxygen atoms in total. The maximum atomic E-state index is 10.1. The number of hydrogen-bond donors (Lipinski definition) is 2. The van der Waals surface area contributed by atoms with E-state index < -0.39 is 17.9 Å². The Hall–Kier alpha value is 1.33. The Kier molecular flexibility index (Phi) is 56.8. The molecule has 9 heavy (non-hydrogen) atoms. The summed E-state index contributed by atoms with van der Waals surface area (Å²) >= 11 is 0. The quantitative estimate of drug-likeness (QED) is 0.315. The van der Waals surface area contributed by atoms with Gasteiger partial charge in [-0.25, -0.2) is 4.57 Å². The standard InChI is InChI=1S/Cu.FHO2Si.Na.HO2P.H/c;1-4(2)3;;1-3-2;/h;2H;;(H,1,2);. The monoisotopic (exact) mass is 231 g/mol. The molecule has 0 atom stereocenters. The van der Waals surface area contributed by atoms with Crippen LogP contribution in [0.1, 0.15) is 0 Å². The second-order valence-corrected chi connectivity index (χ2v) is 1.00. The van der Waals surface area contributed by atoms with Crippen molar-refractivity contribution in [1.82, 2.24) is 0 Å². The zero-order chi connectivity index (χ0) is 6.28. The third kappa shape index (κ3) is 285. The molecule has 0 aromatic heterocycles. The molecule has 0 aromatic rings. The molecule has 1 radical (unpaired) electrons. The predicted octanol–water partition coefficient (Wildman–Crippen LogP) is -1.10. The molecule has 0 saturated carbocycles. The van der Waals surface area contributed by atoms with Gasteiger partial charge in [0.1, 0.15) is 0 Å². The van der Waals surface area contributed by atoms with Crippen LogP contribution in [0.3, 0.4) is 0 Å². The topological polar surface area (TPSA) is 74.6 Å². The number of rotatable bonds is 0. The Bertz CT molecular complexity index is 67.6. The average molecular weight is 232 g/mol. The molecule has 0 saturated heterocycles. The van der Waals surface area contributed by atoms with E-state index in [0.717, 1.165) is 0 Å². The molecule has 0 heterocycles. The van der Waals surface area contributed by atoms with E-state index in [1.807, 2.05) is 0 Å². The van der Waals surface area contributed by atoms with E-state index in [9.17, 15) is 4.11 Å². The van der Waals surface area contributed by atoms with Crippen LogP contribution < -0.4 is 0 Å². The van der Waals surface area contributed by atoms with E-state index in [1.165, 1.54) is 0 Å². The van der Waals surface area contributed by atoms with Crippen molar-refractivity contribution in [2.24, 2.45) is 0 Å². The molecule has 0 aromatic carbocycles. The summed E-state index contributed by atoms with van der Waals surface area (Å²) in [5.74, 6) is 0. The van der Waals surface area contributed by atoms with Crippen LogP contribution in [-0.4, -0.2) is 48.5 Å². The molecular weight excluding hydrogens is 229 g/mol. The first kappa shape index (κ1) is 22.4. The van der Waals surface area contributed by atoms with E-state index in [2.05, 4.69) is 0 Å². The minimum atomic E-state index is -3.63. The van der Waals surface area contributed by atoms with Crippen molar-refractivity contribution in [3.63, 3.8) is 0 Å². The van der Waals surface area contributed by atoms with Gasteiger partial charge in [-0.2, -0.15) is 4.11 Å². The zero-order valence-corrected chi connectivity index (χ0v) is 6.17. The summed E-state index contributed by atoms with van der Waals surface area (Å²) in [6, 6.07) is 0. The SMILES string of the molecule is O=PO.O=[Si](O)F.[Cu].[NaH]. The fourth-order valence-corrected chi connectivity index (χ4v) is 0. The van der Waals surface area contributed by atoms with Crippen LogP contribution in [0.2, 0.25) is 0 Å². The summed E-state index contributed by atoms with van der Waals surface area (Å²) in [5, 5.41) is 0. The summed E-state index contributed by atoms with van der Waals surface area (Å²) in [6.45, 7) is 0. The van der Waals surface area contributed by atoms with E-state index in [0.29, 0.717) is 0 Å².